The Morgan fingerprint density at radius 3 is 2.82 bits per heavy atom. The van der Waals surface area contributed by atoms with Crippen LogP contribution in [0.4, 0.5) is 0 Å². The van der Waals surface area contributed by atoms with Gasteiger partial charge in [-0.25, -0.2) is 4.98 Å². The van der Waals surface area contributed by atoms with Crippen molar-refractivity contribution >= 4 is 5.91 Å². The van der Waals surface area contributed by atoms with E-state index < -0.39 is 0 Å². The molecule has 0 aromatic carbocycles. The second-order valence-electron chi connectivity index (χ2n) is 3.74. The molecule has 0 aliphatic heterocycles. The van der Waals surface area contributed by atoms with Crippen LogP contribution in [0, 0.1) is 0 Å². The molecular formula is C12H14N4O. The fourth-order valence-electron chi connectivity index (χ4n) is 1.54. The standard InChI is InChI=1S/C12H14N4O/c13-4-1-11-8-16(9-15-11)12(17)7-10-2-5-14-6-3-10/h2-3,5-6,8-9H,1,4,7,13H2. The first kappa shape index (κ1) is 11.5. The van der Waals surface area contributed by atoms with Gasteiger partial charge in [0.05, 0.1) is 12.1 Å². The number of carbonyl (C=O) groups excluding carboxylic acids is 1. The van der Waals surface area contributed by atoms with Crippen LogP contribution < -0.4 is 5.73 Å². The highest BCUT2D eigenvalue weighted by atomic mass is 16.2. The molecule has 0 bridgehead atoms. The molecule has 17 heavy (non-hydrogen) atoms. The smallest absolute Gasteiger partial charge is 0.236 e. The molecule has 2 aromatic rings. The summed E-state index contributed by atoms with van der Waals surface area (Å²) in [7, 11) is 0. The normalized spacial score (nSPS) is 10.4. The monoisotopic (exact) mass is 230 g/mol. The fourth-order valence-corrected chi connectivity index (χ4v) is 1.54. The number of hydrogen-bond acceptors (Lipinski definition) is 4. The van der Waals surface area contributed by atoms with E-state index in [1.807, 2.05) is 12.1 Å². The van der Waals surface area contributed by atoms with E-state index in [2.05, 4.69) is 9.97 Å². The van der Waals surface area contributed by atoms with Gasteiger partial charge in [-0.2, -0.15) is 0 Å². The summed E-state index contributed by atoms with van der Waals surface area (Å²) in [6, 6.07) is 3.66. The molecule has 2 rings (SSSR count). The average Bonchev–Trinajstić information content (AvgIpc) is 2.79. The number of pyridine rings is 1. The Balaban J connectivity index is 2.04. The molecule has 0 saturated heterocycles. The summed E-state index contributed by atoms with van der Waals surface area (Å²) in [5, 5.41) is 0. The van der Waals surface area contributed by atoms with Crippen molar-refractivity contribution in [3.8, 4) is 0 Å². The highest BCUT2D eigenvalue weighted by Gasteiger charge is 2.07. The fraction of sp³-hybridized carbons (Fsp3) is 0.250. The predicted molar refractivity (Wildman–Crippen MR) is 63.6 cm³/mol. The zero-order valence-corrected chi connectivity index (χ0v) is 9.41. The molecule has 0 unspecified atom stereocenters. The minimum Gasteiger partial charge on any atom is -0.330 e. The number of nitrogens with two attached hydrogens (primary N) is 1. The summed E-state index contributed by atoms with van der Waals surface area (Å²) in [6.45, 7) is 0.537. The minimum atomic E-state index is -0.00743. The van der Waals surface area contributed by atoms with Gasteiger partial charge in [-0.05, 0) is 24.2 Å². The zero-order chi connectivity index (χ0) is 12.1. The molecule has 88 valence electrons. The molecule has 0 fully saturated rings. The first-order valence-electron chi connectivity index (χ1n) is 5.44. The molecule has 0 amide bonds. The van der Waals surface area contributed by atoms with Crippen molar-refractivity contribution in [3.63, 3.8) is 0 Å². The molecule has 5 heteroatoms. The number of nitrogens with zero attached hydrogens (tertiary/aromatic N) is 3. The topological polar surface area (TPSA) is 73.8 Å². The molecular weight excluding hydrogens is 216 g/mol. The third-order valence-electron chi connectivity index (χ3n) is 2.43. The first-order chi connectivity index (χ1) is 8.29. The van der Waals surface area contributed by atoms with Crippen molar-refractivity contribution in [3.05, 3.63) is 48.3 Å². The van der Waals surface area contributed by atoms with E-state index in [9.17, 15) is 4.79 Å². The Hall–Kier alpha value is -2.01. The Bertz CT molecular complexity index is 492. The maximum atomic E-state index is 11.9. The van der Waals surface area contributed by atoms with Crippen LogP contribution in [0.25, 0.3) is 0 Å². The largest absolute Gasteiger partial charge is 0.330 e. The number of hydrogen-bond donors (Lipinski definition) is 1. The summed E-state index contributed by atoms with van der Waals surface area (Å²) >= 11 is 0. The third kappa shape index (κ3) is 2.98. The molecule has 0 spiro atoms. The SMILES string of the molecule is NCCc1cn(C(=O)Cc2ccncc2)cn1. The van der Waals surface area contributed by atoms with E-state index in [1.165, 1.54) is 10.9 Å². The van der Waals surface area contributed by atoms with Crippen molar-refractivity contribution in [2.24, 2.45) is 5.73 Å². The van der Waals surface area contributed by atoms with Gasteiger partial charge in [0.25, 0.3) is 0 Å². The van der Waals surface area contributed by atoms with Crippen molar-refractivity contribution in [2.45, 2.75) is 12.8 Å². The summed E-state index contributed by atoms with van der Waals surface area (Å²) in [5.41, 5.74) is 7.22. The lowest BCUT2D eigenvalue weighted by Crippen LogP contribution is -2.11. The Morgan fingerprint density at radius 1 is 1.35 bits per heavy atom. The summed E-state index contributed by atoms with van der Waals surface area (Å²) < 4.78 is 1.51. The second-order valence-corrected chi connectivity index (χ2v) is 3.74. The number of imidazole rings is 1. The first-order valence-corrected chi connectivity index (χ1v) is 5.44. The van der Waals surface area contributed by atoms with E-state index >= 15 is 0 Å². The van der Waals surface area contributed by atoms with Crippen molar-refractivity contribution < 1.29 is 4.79 Å². The van der Waals surface area contributed by atoms with Crippen molar-refractivity contribution in [1.82, 2.24) is 14.5 Å². The van der Waals surface area contributed by atoms with Gasteiger partial charge in [-0.1, -0.05) is 0 Å². The number of carbonyl (C=O) groups is 1. The third-order valence-corrected chi connectivity index (χ3v) is 2.43. The predicted octanol–water partition coefficient (Wildman–Crippen LogP) is 0.662. The lowest BCUT2D eigenvalue weighted by Gasteiger charge is -2.00. The highest BCUT2D eigenvalue weighted by Crippen LogP contribution is 2.02. The second kappa shape index (κ2) is 5.36. The molecule has 0 saturated carbocycles. The van der Waals surface area contributed by atoms with Gasteiger partial charge >= 0.3 is 0 Å². The van der Waals surface area contributed by atoms with Crippen molar-refractivity contribution in [2.75, 3.05) is 6.54 Å². The number of rotatable bonds is 4. The zero-order valence-electron chi connectivity index (χ0n) is 9.41. The molecule has 2 aromatic heterocycles. The van der Waals surface area contributed by atoms with Gasteiger partial charge < -0.3 is 5.73 Å². The molecule has 0 radical (unpaired) electrons. The van der Waals surface area contributed by atoms with Crippen LogP contribution in [0.2, 0.25) is 0 Å². The molecule has 0 aliphatic rings. The van der Waals surface area contributed by atoms with Gasteiger partial charge in [0.2, 0.25) is 5.91 Å². The van der Waals surface area contributed by atoms with Crippen LogP contribution in [-0.4, -0.2) is 27.0 Å². The molecule has 0 aliphatic carbocycles. The number of aromatic nitrogens is 3. The summed E-state index contributed by atoms with van der Waals surface area (Å²) in [6.07, 6.45) is 7.66. The van der Waals surface area contributed by atoms with Gasteiger partial charge in [-0.15, -0.1) is 0 Å². The van der Waals surface area contributed by atoms with Crippen LogP contribution in [0.3, 0.4) is 0 Å². The van der Waals surface area contributed by atoms with Crippen LogP contribution >= 0.6 is 0 Å². The van der Waals surface area contributed by atoms with E-state index in [-0.39, 0.29) is 5.91 Å². The lowest BCUT2D eigenvalue weighted by molar-refractivity contribution is 0.0914. The van der Waals surface area contributed by atoms with Gasteiger partial charge in [-0.3, -0.25) is 14.3 Å². The molecule has 2 N–H and O–H groups in total. The maximum absolute atomic E-state index is 11.9. The Kier molecular flexibility index (Phi) is 3.62. The van der Waals surface area contributed by atoms with Crippen LogP contribution in [0.5, 0.6) is 0 Å². The van der Waals surface area contributed by atoms with Gasteiger partial charge in [0.15, 0.2) is 0 Å². The van der Waals surface area contributed by atoms with Crippen LogP contribution in [0.1, 0.15) is 16.1 Å². The van der Waals surface area contributed by atoms with Gasteiger partial charge in [0.1, 0.15) is 6.33 Å². The Labute approximate surface area is 99.3 Å². The Morgan fingerprint density at radius 2 is 2.12 bits per heavy atom. The maximum Gasteiger partial charge on any atom is 0.236 e. The van der Waals surface area contributed by atoms with Crippen molar-refractivity contribution in [1.29, 1.82) is 0 Å². The molecule has 5 nitrogen and oxygen atoms in total. The summed E-state index contributed by atoms with van der Waals surface area (Å²) in [4.78, 5) is 19.9. The highest BCUT2D eigenvalue weighted by molar-refractivity contribution is 5.81. The average molecular weight is 230 g/mol. The van der Waals surface area contributed by atoms with E-state index in [0.717, 1.165) is 11.3 Å². The van der Waals surface area contributed by atoms with Gasteiger partial charge in [0, 0.05) is 25.0 Å². The van der Waals surface area contributed by atoms with E-state index in [1.54, 1.807) is 18.6 Å². The van der Waals surface area contributed by atoms with E-state index in [0.29, 0.717) is 19.4 Å². The van der Waals surface area contributed by atoms with Crippen LogP contribution in [-0.2, 0) is 12.8 Å². The minimum absolute atomic E-state index is 0.00743. The molecule has 2 heterocycles. The van der Waals surface area contributed by atoms with Crippen LogP contribution in [0.15, 0.2) is 37.1 Å². The summed E-state index contributed by atoms with van der Waals surface area (Å²) in [5.74, 6) is -0.00743. The molecule has 0 atom stereocenters. The van der Waals surface area contributed by atoms with E-state index in [4.69, 9.17) is 5.73 Å². The quantitative estimate of drug-likeness (QED) is 0.837. The lowest BCUT2D eigenvalue weighted by atomic mass is 10.2.